The number of fused-ring (bicyclic) bond motifs is 4. The molecule has 1 atom stereocenters. The molecule has 4 N–H and O–H groups in total. The van der Waals surface area contributed by atoms with E-state index in [9.17, 15) is 51.3 Å². The van der Waals surface area contributed by atoms with Gasteiger partial charge < -0.3 is 49.9 Å². The second kappa shape index (κ2) is 35.1. The van der Waals surface area contributed by atoms with Crippen LogP contribution in [0.5, 0.6) is 0 Å². The molecule has 2 amide bonds. The van der Waals surface area contributed by atoms with Crippen LogP contribution in [-0.4, -0.2) is 137 Å². The molecule has 6 aromatic rings. The first-order valence-electron chi connectivity index (χ1n) is 27.1. The van der Waals surface area contributed by atoms with E-state index < -0.39 is 60.1 Å². The Hall–Kier alpha value is -7.59. The molecule has 26 heteroatoms. The van der Waals surface area contributed by atoms with Gasteiger partial charge in [0.05, 0.1) is 32.8 Å². The van der Waals surface area contributed by atoms with Crippen LogP contribution >= 0.6 is 0 Å². The number of esters is 2. The summed E-state index contributed by atoms with van der Waals surface area (Å²) in [6, 6.07) is 36.1. The summed E-state index contributed by atoms with van der Waals surface area (Å²) in [5.41, 5.74) is 1.45. The van der Waals surface area contributed by atoms with Crippen molar-refractivity contribution in [3.63, 3.8) is 0 Å². The molecule has 0 heterocycles. The predicted octanol–water partition coefficient (Wildman–Crippen LogP) is 2.40. The van der Waals surface area contributed by atoms with Crippen molar-refractivity contribution in [3.8, 4) is 0 Å². The zero-order chi connectivity index (χ0) is 65.2. The van der Waals surface area contributed by atoms with Crippen molar-refractivity contribution in [2.45, 2.75) is 45.4 Å². The van der Waals surface area contributed by atoms with E-state index in [1.807, 2.05) is 68.3 Å². The Morgan fingerprint density at radius 1 is 0.667 bits per heavy atom. The molecule has 2 aliphatic carbocycles. The molecule has 0 saturated heterocycles. The van der Waals surface area contributed by atoms with Gasteiger partial charge in [0.15, 0.2) is 17.3 Å². The Kier molecular flexibility index (Phi) is 29.9. The van der Waals surface area contributed by atoms with E-state index >= 15 is 0 Å². The molecule has 0 saturated carbocycles. The Bertz CT molecular complexity index is 3920. The number of hydrogen-bond donors (Lipinski definition) is 4. The van der Waals surface area contributed by atoms with Gasteiger partial charge in [-0.3, -0.25) is 28.8 Å². The second-order valence-electron chi connectivity index (χ2n) is 21.1. The van der Waals surface area contributed by atoms with E-state index in [0.717, 1.165) is 24.4 Å². The minimum atomic E-state index is -5.16. The number of rotatable bonds is 20. The number of ether oxygens (including phenoxy) is 2. The van der Waals surface area contributed by atoms with Crippen molar-refractivity contribution in [2.75, 3.05) is 75.8 Å². The maximum absolute atomic E-state index is 13.7. The fourth-order valence-corrected chi connectivity index (χ4v) is 9.26. The number of likely N-dealkylation sites (N-methyl/N-ethyl adjacent to an activating group) is 2. The minimum absolute atomic E-state index is 0. The molecule has 90 heavy (non-hydrogen) atoms. The summed E-state index contributed by atoms with van der Waals surface area (Å²) in [4.78, 5) is 106. The van der Waals surface area contributed by atoms with E-state index in [2.05, 4.69) is 40.5 Å². The summed E-state index contributed by atoms with van der Waals surface area (Å²) in [7, 11) is -0.605. The summed E-state index contributed by atoms with van der Waals surface area (Å²) < 4.78 is 71.9. The Labute approximate surface area is 568 Å². The summed E-state index contributed by atoms with van der Waals surface area (Å²) in [6.07, 6.45) is 1.72. The fraction of sp³-hybridized carbons (Fsp3) is 0.250. The molecule has 2 aliphatic rings. The molecule has 6 aromatic carbocycles. The third kappa shape index (κ3) is 21.0. The largest absolute Gasteiger partial charge is 1.00 e. The zero-order valence-corrected chi connectivity index (χ0v) is 57.2. The number of benzene rings is 6. The number of hydrogen-bond acceptors (Lipinski definition) is 20. The molecule has 0 spiro atoms. The topological polar surface area (TPSA) is 318 Å². The molecule has 0 aliphatic heterocycles. The van der Waals surface area contributed by atoms with E-state index in [1.54, 1.807) is 100 Å². The summed E-state index contributed by atoms with van der Waals surface area (Å²) in [5.74, 6) is -4.19. The number of nitrogens with zero attached hydrogens (tertiary/aromatic N) is 2. The van der Waals surface area contributed by atoms with Crippen LogP contribution in [0.3, 0.4) is 0 Å². The number of nitrogens with one attached hydrogen (secondary N) is 4. The second-order valence-corrected chi connectivity index (χ2v) is 22.8. The molecule has 0 aromatic heterocycles. The van der Waals surface area contributed by atoms with Gasteiger partial charge in [0.2, 0.25) is 11.8 Å². The molecular weight excluding hydrogens is 1220 g/mol. The first kappa shape index (κ1) is 76.7. The van der Waals surface area contributed by atoms with Crippen LogP contribution in [0.4, 0.5) is 34.1 Å². The normalized spacial score (nSPS) is 12.0. The maximum atomic E-state index is 13.7. The van der Waals surface area contributed by atoms with E-state index in [-0.39, 0.29) is 139 Å². The quantitative estimate of drug-likeness (QED) is 0.0280. The average Bonchev–Trinajstić information content (AvgIpc) is 0.760. The number of anilines is 6. The van der Waals surface area contributed by atoms with Gasteiger partial charge in [-0.05, 0) is 98.2 Å². The van der Waals surface area contributed by atoms with E-state index in [0.29, 0.717) is 55.1 Å². The fourth-order valence-electron chi connectivity index (χ4n) is 8.59. The van der Waals surface area contributed by atoms with Gasteiger partial charge in [-0.15, -0.1) is 12.6 Å². The zero-order valence-electron chi connectivity index (χ0n) is 51.6. The predicted molar refractivity (Wildman–Crippen MR) is 329 cm³/mol. The Morgan fingerprint density at radius 2 is 1.08 bits per heavy atom. The first-order chi connectivity index (χ1) is 41.5. The third-order valence-corrected chi connectivity index (χ3v) is 14.2. The number of carbonyl (C=O) groups excluding carboxylic acids is 8. The van der Waals surface area contributed by atoms with Crippen LogP contribution in [0.15, 0.2) is 151 Å². The summed E-state index contributed by atoms with van der Waals surface area (Å²) in [5, 5.41) is 11.2. The third-order valence-electron chi connectivity index (χ3n) is 13.3. The number of carbonyl (C=O) groups is 8. The number of para-hydroxylation sites is 2. The Balaban J connectivity index is 0.000000382. The maximum Gasteiger partial charge on any atom is 1.00 e. The van der Waals surface area contributed by atoms with Gasteiger partial charge >= 0.3 is 81.7 Å². The van der Waals surface area contributed by atoms with Crippen molar-refractivity contribution >= 4 is 102 Å². The standard InChI is InChI=1S/C33H36N3O5.C23H16N2O6S.C8H15NO2.2Na.O3S/c1-21(17-18-33(2,3)32(40)41-20-19-36(4)5)31(39)35-26-16-15-25(34-22-11-7-6-8-12-22)27-28(26)30(38)24-14-10-9-13-23(24)29(27)37;1-2-18(26)25-21-17(32(29,30)31)12-16(24-13-8-4-3-5-9-13)19-20(21)23(28)15-11-7-6-10-14(15)22(19)27;1-7(2)8(10)11-6-5-9(3)4;;;1-4(2)3/h6-15,21,34H,17-20H2,1-5H3,(H,35,39);2-12,24H,1H2,(H,25,26)(H,29,30,31);1,5-6H2,2-4H3;;;/q-1;;;2*+1;/p-1. The van der Waals surface area contributed by atoms with Gasteiger partial charge in [0, 0.05) is 58.2 Å². The molecule has 0 fully saturated rings. The van der Waals surface area contributed by atoms with Crippen LogP contribution in [0, 0.1) is 17.4 Å². The van der Waals surface area contributed by atoms with Crippen molar-refractivity contribution in [2.24, 2.45) is 11.3 Å². The molecule has 0 bridgehead atoms. The van der Waals surface area contributed by atoms with Crippen LogP contribution in [0.25, 0.3) is 0 Å². The SMILES string of the molecule is C=C(C)C(=O)OCCN(C)C.C=CC(=O)Nc1c(S(=O)(=O)[O-])cc(Nc2ccccc2)c2c1C(=O)c1ccccc1C2=O.CC(CCC(C)(C)C(=O)OCCN(C)C)C(=O)Nc1[c-]cc(Nc2ccccc2)c2c1C(=O)c1ccccc1C2=O.O=S(=O)=O.[Na+].[Na+]. The van der Waals surface area contributed by atoms with Crippen molar-refractivity contribution < 1.29 is 133 Å². The van der Waals surface area contributed by atoms with Crippen molar-refractivity contribution in [3.05, 3.63) is 197 Å². The molecule has 0 radical (unpaired) electrons. The minimum Gasteiger partial charge on any atom is -0.744 e. The van der Waals surface area contributed by atoms with Crippen molar-refractivity contribution in [1.29, 1.82) is 0 Å². The van der Waals surface area contributed by atoms with Gasteiger partial charge in [-0.1, -0.05) is 128 Å². The van der Waals surface area contributed by atoms with E-state index in [1.165, 1.54) is 12.1 Å². The Morgan fingerprint density at radius 3 is 1.51 bits per heavy atom. The van der Waals surface area contributed by atoms with Gasteiger partial charge in [-0.2, -0.15) is 12.1 Å². The smallest absolute Gasteiger partial charge is 0.744 e. The van der Waals surface area contributed by atoms with Crippen LogP contribution in [0.1, 0.15) is 104 Å². The van der Waals surface area contributed by atoms with E-state index in [4.69, 9.17) is 22.1 Å². The van der Waals surface area contributed by atoms with Crippen LogP contribution in [-0.2, 0) is 49.4 Å². The number of amides is 2. The van der Waals surface area contributed by atoms with Gasteiger partial charge in [0.1, 0.15) is 29.1 Å². The molecule has 1 unspecified atom stereocenters. The molecule has 462 valence electrons. The van der Waals surface area contributed by atoms with Gasteiger partial charge in [0.25, 0.3) is 0 Å². The van der Waals surface area contributed by atoms with Gasteiger partial charge in [-0.25, -0.2) is 13.2 Å². The summed E-state index contributed by atoms with van der Waals surface area (Å²) in [6.45, 7) is 15.9. The molecular formula is C64H66N6Na2O16S2. The molecule has 22 nitrogen and oxygen atoms in total. The number of ketones is 4. The van der Waals surface area contributed by atoms with Crippen LogP contribution < -0.4 is 80.4 Å². The average molecular weight is 1290 g/mol. The van der Waals surface area contributed by atoms with Crippen LogP contribution in [0.2, 0.25) is 0 Å². The summed E-state index contributed by atoms with van der Waals surface area (Å²) >= 11 is 0. The monoisotopic (exact) mass is 1280 g/mol. The first-order valence-corrected chi connectivity index (χ1v) is 29.5. The van der Waals surface area contributed by atoms with Crippen molar-refractivity contribution in [1.82, 2.24) is 9.80 Å². The molecule has 8 rings (SSSR count).